The van der Waals surface area contributed by atoms with E-state index in [9.17, 15) is 4.79 Å². The summed E-state index contributed by atoms with van der Waals surface area (Å²) in [6.45, 7) is 0. The first kappa shape index (κ1) is 29.1. The van der Waals surface area contributed by atoms with Crippen molar-refractivity contribution >= 4 is 42.5 Å². The van der Waals surface area contributed by atoms with E-state index < -0.39 is 0 Å². The fourth-order valence-corrected chi connectivity index (χ4v) is 8.04. The van der Waals surface area contributed by atoms with Gasteiger partial charge in [-0.25, -0.2) is 14.8 Å². The van der Waals surface area contributed by atoms with Crippen molar-refractivity contribution in [2.45, 2.75) is 0 Å². The lowest BCUT2D eigenvalue weighted by Crippen LogP contribution is -2.19. The topological polar surface area (TPSA) is 52.7 Å². The summed E-state index contributed by atoms with van der Waals surface area (Å²) in [6.07, 6.45) is 0. The smallest absolute Gasteiger partial charge is 0.295 e. The average Bonchev–Trinajstić information content (AvgIpc) is 3.65. The van der Waals surface area contributed by atoms with Crippen LogP contribution in [-0.2, 0) is 14.1 Å². The Morgan fingerprint density at radius 3 is 1.96 bits per heavy atom. The molecule has 234 valence electrons. The molecule has 0 unspecified atom stereocenters. The first-order chi connectivity index (χ1) is 24.0. The third kappa shape index (κ3) is 4.88. The maximum atomic E-state index is 12.5. The van der Waals surface area contributed by atoms with Gasteiger partial charge in [0.1, 0.15) is 0 Å². The van der Waals surface area contributed by atoms with Gasteiger partial charge in [-0.2, -0.15) is 0 Å². The number of benzene rings is 6. The van der Waals surface area contributed by atoms with Gasteiger partial charge in [-0.05, 0) is 52.6 Å². The Balaban J connectivity index is 1.19. The van der Waals surface area contributed by atoms with Crippen LogP contribution in [0.5, 0.6) is 0 Å². The molecule has 3 heterocycles. The zero-order chi connectivity index (χ0) is 33.1. The van der Waals surface area contributed by atoms with Crippen LogP contribution < -0.4 is 5.69 Å². The van der Waals surface area contributed by atoms with E-state index in [-0.39, 0.29) is 5.69 Å². The van der Waals surface area contributed by atoms with Crippen LogP contribution in [0.25, 0.3) is 87.4 Å². The van der Waals surface area contributed by atoms with E-state index in [1.54, 1.807) is 9.13 Å². The maximum absolute atomic E-state index is 12.5. The molecule has 0 aliphatic carbocycles. The molecule has 6 heteroatoms. The van der Waals surface area contributed by atoms with Gasteiger partial charge >= 0.3 is 5.69 Å². The minimum Gasteiger partial charge on any atom is -0.295 e. The Hall–Kier alpha value is -6.11. The fourth-order valence-electron chi connectivity index (χ4n) is 6.91. The average molecular weight is 651 g/mol. The van der Waals surface area contributed by atoms with E-state index in [0.717, 1.165) is 55.8 Å². The molecule has 0 radical (unpaired) electrons. The third-order valence-electron chi connectivity index (χ3n) is 9.44. The molecular formula is C43H30N4OS. The van der Waals surface area contributed by atoms with E-state index in [1.807, 2.05) is 49.7 Å². The minimum atomic E-state index is -0.0294. The van der Waals surface area contributed by atoms with Gasteiger partial charge in [-0.3, -0.25) is 9.13 Å². The predicted octanol–water partition coefficient (Wildman–Crippen LogP) is 10.4. The summed E-state index contributed by atoms with van der Waals surface area (Å²) < 4.78 is 5.94. The molecule has 0 fully saturated rings. The summed E-state index contributed by atoms with van der Waals surface area (Å²) in [5.74, 6) is 0.682. The van der Waals surface area contributed by atoms with Crippen LogP contribution in [0.3, 0.4) is 0 Å². The lowest BCUT2D eigenvalue weighted by Gasteiger charge is -2.14. The second kappa shape index (κ2) is 11.5. The number of thiophene rings is 1. The normalized spacial score (nSPS) is 11.6. The van der Waals surface area contributed by atoms with Crippen molar-refractivity contribution in [3.8, 4) is 56.2 Å². The van der Waals surface area contributed by atoms with E-state index in [1.165, 1.54) is 25.7 Å². The van der Waals surface area contributed by atoms with Crippen molar-refractivity contribution in [1.29, 1.82) is 0 Å². The molecule has 0 spiro atoms. The van der Waals surface area contributed by atoms with E-state index in [4.69, 9.17) is 9.97 Å². The molecular weight excluding hydrogens is 621 g/mol. The largest absolute Gasteiger partial charge is 0.328 e. The van der Waals surface area contributed by atoms with Crippen LogP contribution in [0.1, 0.15) is 0 Å². The van der Waals surface area contributed by atoms with Crippen LogP contribution in [0, 0.1) is 0 Å². The van der Waals surface area contributed by atoms with Crippen molar-refractivity contribution < 1.29 is 0 Å². The molecule has 0 amide bonds. The summed E-state index contributed by atoms with van der Waals surface area (Å²) in [5.41, 5.74) is 11.0. The number of imidazole rings is 1. The molecule has 6 aromatic carbocycles. The summed E-state index contributed by atoms with van der Waals surface area (Å²) in [7, 11) is 3.62. The van der Waals surface area contributed by atoms with Crippen LogP contribution >= 0.6 is 11.3 Å². The molecule has 0 bridgehead atoms. The van der Waals surface area contributed by atoms with Crippen LogP contribution in [0.4, 0.5) is 0 Å². The van der Waals surface area contributed by atoms with Crippen molar-refractivity contribution in [3.63, 3.8) is 0 Å². The summed E-state index contributed by atoms with van der Waals surface area (Å²) in [4.78, 5) is 22.8. The van der Waals surface area contributed by atoms with Gasteiger partial charge in [-0.1, -0.05) is 115 Å². The molecule has 3 aromatic heterocycles. The Kier molecular flexibility index (Phi) is 6.85. The van der Waals surface area contributed by atoms with E-state index >= 15 is 0 Å². The zero-order valence-electron chi connectivity index (χ0n) is 27.0. The molecule has 9 aromatic rings. The lowest BCUT2D eigenvalue weighted by atomic mass is 9.93. The number of fused-ring (bicyclic) bond motifs is 4. The van der Waals surface area contributed by atoms with Gasteiger partial charge < -0.3 is 0 Å². The van der Waals surface area contributed by atoms with Gasteiger partial charge in [0.05, 0.1) is 22.4 Å². The quantitative estimate of drug-likeness (QED) is 0.186. The number of aryl methyl sites for hydroxylation is 2. The highest BCUT2D eigenvalue weighted by atomic mass is 32.1. The van der Waals surface area contributed by atoms with E-state index in [2.05, 4.69) is 121 Å². The standard InChI is InChI=1S/C43H30N4OS/c1-46-37-24-23-30(25-38(37)47(2)43(46)48)27-19-21-28(22-20-27)35-26-36(45-42(44-35)29-11-4-3-5-12-29)32-14-7-6-13-31(32)33-16-10-18-40-41(33)34-15-8-9-17-39(34)49-40/h3-26H,1-2H3. The Bertz CT molecular complexity index is 2760. The highest BCUT2D eigenvalue weighted by Crippen LogP contribution is 2.43. The molecule has 0 aliphatic heterocycles. The Morgan fingerprint density at radius 1 is 0.490 bits per heavy atom. The highest BCUT2D eigenvalue weighted by Gasteiger charge is 2.17. The SMILES string of the molecule is Cn1c(=O)n(C)c2cc(-c3ccc(-c4cc(-c5ccccc5-c5cccc6sc7ccccc7c56)nc(-c5ccccc5)n4)cc3)ccc21. The second-order valence-corrected chi connectivity index (χ2v) is 13.4. The predicted molar refractivity (Wildman–Crippen MR) is 204 cm³/mol. The zero-order valence-corrected chi connectivity index (χ0v) is 27.8. The van der Waals surface area contributed by atoms with Gasteiger partial charge in [-0.15, -0.1) is 11.3 Å². The summed E-state index contributed by atoms with van der Waals surface area (Å²) >= 11 is 1.83. The molecule has 0 aliphatic rings. The number of hydrogen-bond donors (Lipinski definition) is 0. The molecule has 49 heavy (non-hydrogen) atoms. The van der Waals surface area contributed by atoms with Crippen molar-refractivity contribution in [3.05, 3.63) is 156 Å². The number of aromatic nitrogens is 4. The first-order valence-corrected chi connectivity index (χ1v) is 17.1. The highest BCUT2D eigenvalue weighted by molar-refractivity contribution is 7.25. The van der Waals surface area contributed by atoms with Gasteiger partial charge in [0.2, 0.25) is 0 Å². The minimum absolute atomic E-state index is 0.0294. The molecule has 0 N–H and O–H groups in total. The Morgan fingerprint density at radius 2 is 1.12 bits per heavy atom. The molecule has 0 saturated heterocycles. The summed E-state index contributed by atoms with van der Waals surface area (Å²) in [6, 6.07) is 50.7. The lowest BCUT2D eigenvalue weighted by molar-refractivity contribution is 0.795. The molecule has 9 rings (SSSR count). The summed E-state index contributed by atoms with van der Waals surface area (Å²) in [5, 5.41) is 2.55. The first-order valence-electron chi connectivity index (χ1n) is 16.2. The van der Waals surface area contributed by atoms with Crippen molar-refractivity contribution in [2.75, 3.05) is 0 Å². The Labute approximate surface area is 287 Å². The van der Waals surface area contributed by atoms with Gasteiger partial charge in [0.15, 0.2) is 5.82 Å². The second-order valence-electron chi connectivity index (χ2n) is 12.3. The van der Waals surface area contributed by atoms with Crippen LogP contribution in [0.2, 0.25) is 0 Å². The van der Waals surface area contributed by atoms with Crippen molar-refractivity contribution in [2.24, 2.45) is 14.1 Å². The molecule has 5 nitrogen and oxygen atoms in total. The molecule has 0 atom stereocenters. The van der Waals surface area contributed by atoms with Crippen molar-refractivity contribution in [1.82, 2.24) is 19.1 Å². The van der Waals surface area contributed by atoms with Crippen LogP contribution in [0.15, 0.2) is 150 Å². The number of hydrogen-bond acceptors (Lipinski definition) is 4. The maximum Gasteiger partial charge on any atom is 0.328 e. The number of nitrogens with zero attached hydrogens (tertiary/aromatic N) is 4. The fraction of sp³-hybridized carbons (Fsp3) is 0.0465. The monoisotopic (exact) mass is 650 g/mol. The van der Waals surface area contributed by atoms with Crippen LogP contribution in [-0.4, -0.2) is 19.1 Å². The molecule has 0 saturated carbocycles. The van der Waals surface area contributed by atoms with E-state index in [0.29, 0.717) is 5.82 Å². The van der Waals surface area contributed by atoms with Gasteiger partial charge in [0.25, 0.3) is 0 Å². The third-order valence-corrected chi connectivity index (χ3v) is 10.6. The van der Waals surface area contributed by atoms with Gasteiger partial charge in [0, 0.05) is 51.0 Å². The number of rotatable bonds is 5.